The molecule has 1 aromatic carbocycles. The van der Waals surface area contributed by atoms with E-state index in [1.807, 2.05) is 42.5 Å². The molecule has 3 aromatic rings. The molecule has 5 rings (SSSR count). The highest BCUT2D eigenvalue weighted by molar-refractivity contribution is 7.91. The van der Waals surface area contributed by atoms with Gasteiger partial charge in [0.25, 0.3) is 0 Å². The molecule has 1 saturated heterocycles. The van der Waals surface area contributed by atoms with E-state index in [0.29, 0.717) is 5.65 Å². The zero-order valence-corrected chi connectivity index (χ0v) is 19.4. The Morgan fingerprint density at radius 2 is 1.74 bits per heavy atom. The van der Waals surface area contributed by atoms with Crippen LogP contribution in [0.5, 0.6) is 0 Å². The molecule has 3 heterocycles. The van der Waals surface area contributed by atoms with Gasteiger partial charge in [0.2, 0.25) is 11.9 Å². The minimum Gasteiger partial charge on any atom is -0.481 e. The van der Waals surface area contributed by atoms with Crippen LogP contribution in [0.25, 0.3) is 16.9 Å². The molecule has 1 amide bonds. The van der Waals surface area contributed by atoms with Gasteiger partial charge < -0.3 is 15.7 Å². The summed E-state index contributed by atoms with van der Waals surface area (Å²) in [5.74, 6) is -0.367. The topological polar surface area (TPSA) is 148 Å². The van der Waals surface area contributed by atoms with E-state index in [4.69, 9.17) is 10.8 Å². The summed E-state index contributed by atoms with van der Waals surface area (Å²) in [4.78, 5) is 28.2. The second kappa shape index (κ2) is 9.80. The predicted molar refractivity (Wildman–Crippen MR) is 127 cm³/mol. The first-order valence-corrected chi connectivity index (χ1v) is 13.0. The van der Waals surface area contributed by atoms with Gasteiger partial charge in [-0.15, -0.1) is 5.10 Å². The van der Waals surface area contributed by atoms with E-state index >= 15 is 0 Å². The van der Waals surface area contributed by atoms with Crippen molar-refractivity contribution in [1.82, 2.24) is 19.5 Å². The number of pyridine rings is 1. The highest BCUT2D eigenvalue weighted by Crippen LogP contribution is 2.25. The quantitative estimate of drug-likeness (QED) is 0.567. The third kappa shape index (κ3) is 5.53. The Morgan fingerprint density at radius 1 is 1.06 bits per heavy atom. The van der Waals surface area contributed by atoms with Crippen molar-refractivity contribution in [2.75, 3.05) is 30.3 Å². The monoisotopic (exact) mass is 485 g/mol. The van der Waals surface area contributed by atoms with E-state index in [0.717, 1.165) is 36.1 Å². The number of aliphatic carboxylic acids is 1. The van der Waals surface area contributed by atoms with Gasteiger partial charge in [0.05, 0.1) is 29.5 Å². The Bertz CT molecular complexity index is 1290. The lowest BCUT2D eigenvalue weighted by molar-refractivity contribution is -0.144. The first-order chi connectivity index (χ1) is 16.2. The normalized spacial score (nSPS) is 17.5. The van der Waals surface area contributed by atoms with Gasteiger partial charge in [0.15, 0.2) is 15.5 Å². The second-order valence-corrected chi connectivity index (χ2v) is 10.8. The number of aromatic nitrogens is 3. The first-order valence-electron chi connectivity index (χ1n) is 11.1. The number of rotatable bonds is 4. The number of fused-ring (bicyclic) bond motifs is 1. The standard InChI is InChI=1S/C18H19N5O3S.C5H8O2/c19-18-20-16-3-1-2-15(23(16)21-18)14-6-4-13(5-7-14)12-17(24)22-8-10-27(25,26)11-9-22;6-5(7)4-2-1-3-4/h1-7H,8-12H2,(H2,19,21);4H,1-3H2,(H,6,7). The number of nitrogens with two attached hydrogens (primary N) is 1. The lowest BCUT2D eigenvalue weighted by atomic mass is 9.86. The fourth-order valence-corrected chi connectivity index (χ4v) is 5.04. The van der Waals surface area contributed by atoms with Crippen molar-refractivity contribution >= 4 is 33.3 Å². The number of sulfone groups is 1. The summed E-state index contributed by atoms with van der Waals surface area (Å²) in [5, 5.41) is 12.4. The Morgan fingerprint density at radius 3 is 2.29 bits per heavy atom. The van der Waals surface area contributed by atoms with Crippen molar-refractivity contribution in [2.24, 2.45) is 5.92 Å². The van der Waals surface area contributed by atoms with E-state index in [1.165, 1.54) is 0 Å². The van der Waals surface area contributed by atoms with E-state index < -0.39 is 15.8 Å². The van der Waals surface area contributed by atoms with Crippen LogP contribution < -0.4 is 5.73 Å². The van der Waals surface area contributed by atoms with Crippen molar-refractivity contribution in [3.8, 4) is 11.3 Å². The molecule has 2 aliphatic rings. The number of carboxylic acids is 1. The zero-order chi connectivity index (χ0) is 24.3. The maximum atomic E-state index is 12.4. The average molecular weight is 486 g/mol. The van der Waals surface area contributed by atoms with Gasteiger partial charge >= 0.3 is 5.97 Å². The van der Waals surface area contributed by atoms with Crippen LogP contribution in [0.3, 0.4) is 0 Å². The molecule has 180 valence electrons. The third-order valence-corrected chi connectivity index (χ3v) is 7.74. The molecule has 10 nitrogen and oxygen atoms in total. The predicted octanol–water partition coefficient (Wildman–Crippen LogP) is 1.65. The lowest BCUT2D eigenvalue weighted by Gasteiger charge is -2.26. The van der Waals surface area contributed by atoms with Gasteiger partial charge in [-0.3, -0.25) is 9.59 Å². The average Bonchev–Trinajstić information content (AvgIpc) is 3.13. The van der Waals surface area contributed by atoms with Gasteiger partial charge in [-0.25, -0.2) is 12.9 Å². The summed E-state index contributed by atoms with van der Waals surface area (Å²) in [6.07, 6.45) is 3.16. The van der Waals surface area contributed by atoms with E-state index in [2.05, 4.69) is 10.1 Å². The summed E-state index contributed by atoms with van der Waals surface area (Å²) in [6.45, 7) is 0.546. The van der Waals surface area contributed by atoms with Crippen LogP contribution in [0.1, 0.15) is 24.8 Å². The molecule has 1 aliphatic carbocycles. The van der Waals surface area contributed by atoms with E-state index in [-0.39, 0.29) is 48.8 Å². The van der Waals surface area contributed by atoms with Crippen molar-refractivity contribution in [1.29, 1.82) is 0 Å². The number of benzene rings is 1. The Balaban J connectivity index is 0.000000336. The molecule has 11 heteroatoms. The number of nitrogen functional groups attached to an aromatic ring is 1. The van der Waals surface area contributed by atoms with Crippen LogP contribution in [0.15, 0.2) is 42.5 Å². The molecule has 2 fully saturated rings. The van der Waals surface area contributed by atoms with Gasteiger partial charge in [-0.2, -0.15) is 4.98 Å². The largest absolute Gasteiger partial charge is 0.481 e. The number of nitrogens with zero attached hydrogens (tertiary/aromatic N) is 4. The summed E-state index contributed by atoms with van der Waals surface area (Å²) in [6, 6.07) is 13.3. The molecule has 0 radical (unpaired) electrons. The number of carbonyl (C=O) groups excluding carboxylic acids is 1. The minimum absolute atomic E-state index is 0.000000000000000444. The van der Waals surface area contributed by atoms with Gasteiger partial charge in [-0.1, -0.05) is 36.8 Å². The Kier molecular flexibility index (Phi) is 6.82. The van der Waals surface area contributed by atoms with E-state index in [1.54, 1.807) is 9.42 Å². The number of amides is 1. The Labute approximate surface area is 197 Å². The van der Waals surface area contributed by atoms with Crippen molar-refractivity contribution in [3.05, 3.63) is 48.0 Å². The van der Waals surface area contributed by atoms with Crippen LogP contribution in [-0.4, -0.2) is 69.5 Å². The smallest absolute Gasteiger partial charge is 0.306 e. The summed E-state index contributed by atoms with van der Waals surface area (Å²) < 4.78 is 24.7. The highest BCUT2D eigenvalue weighted by atomic mass is 32.2. The van der Waals surface area contributed by atoms with Gasteiger partial charge in [0.1, 0.15) is 0 Å². The number of carboxylic acid groups (broad SMARTS) is 1. The SMILES string of the molecule is Nc1nc2cccc(-c3ccc(CC(=O)N4CCS(=O)(=O)CC4)cc3)n2n1.O=C(O)C1CCC1. The molecule has 3 N–H and O–H groups in total. The molecule has 2 aromatic heterocycles. The molecule has 0 unspecified atom stereocenters. The molecule has 0 spiro atoms. The number of carbonyl (C=O) groups is 2. The summed E-state index contributed by atoms with van der Waals surface area (Å²) in [5.41, 5.74) is 9.02. The van der Waals surface area contributed by atoms with Crippen molar-refractivity contribution < 1.29 is 23.1 Å². The number of hydrogen-bond donors (Lipinski definition) is 2. The van der Waals surface area contributed by atoms with Crippen LogP contribution >= 0.6 is 0 Å². The molecular formula is C23H27N5O5S. The lowest BCUT2D eigenvalue weighted by Crippen LogP contribution is -2.44. The fraction of sp³-hybridized carbons (Fsp3) is 0.391. The maximum absolute atomic E-state index is 12.4. The third-order valence-electron chi connectivity index (χ3n) is 6.13. The van der Waals surface area contributed by atoms with Crippen LogP contribution in [0.4, 0.5) is 5.95 Å². The molecule has 1 aliphatic heterocycles. The zero-order valence-electron chi connectivity index (χ0n) is 18.6. The van der Waals surface area contributed by atoms with E-state index in [9.17, 15) is 18.0 Å². The number of anilines is 1. The maximum Gasteiger partial charge on any atom is 0.306 e. The fourth-order valence-electron chi connectivity index (χ4n) is 3.84. The highest BCUT2D eigenvalue weighted by Gasteiger charge is 2.25. The minimum atomic E-state index is -2.99. The van der Waals surface area contributed by atoms with Crippen LogP contribution in [-0.2, 0) is 25.8 Å². The molecule has 1 saturated carbocycles. The number of hydrogen-bond acceptors (Lipinski definition) is 7. The van der Waals surface area contributed by atoms with Gasteiger partial charge in [0, 0.05) is 18.7 Å². The molecule has 0 bridgehead atoms. The summed E-state index contributed by atoms with van der Waals surface area (Å²) >= 11 is 0. The van der Waals surface area contributed by atoms with Crippen molar-refractivity contribution in [3.63, 3.8) is 0 Å². The van der Waals surface area contributed by atoms with Crippen LogP contribution in [0, 0.1) is 5.92 Å². The van der Waals surface area contributed by atoms with Gasteiger partial charge in [-0.05, 0) is 30.5 Å². The Hall–Kier alpha value is -3.47. The van der Waals surface area contributed by atoms with Crippen LogP contribution in [0.2, 0.25) is 0 Å². The molecule has 34 heavy (non-hydrogen) atoms. The van der Waals surface area contributed by atoms with Crippen molar-refractivity contribution in [2.45, 2.75) is 25.7 Å². The second-order valence-electron chi connectivity index (χ2n) is 8.52. The molecule has 0 atom stereocenters. The first kappa shape index (κ1) is 23.7. The summed E-state index contributed by atoms with van der Waals surface area (Å²) in [7, 11) is -2.99. The molecular weight excluding hydrogens is 458 g/mol.